The second-order valence-corrected chi connectivity index (χ2v) is 4.87. The Balaban J connectivity index is 1.95. The second-order valence-electron chi connectivity index (χ2n) is 4.87. The Bertz CT molecular complexity index is 466. The topological polar surface area (TPSA) is 97.0 Å². The lowest BCUT2D eigenvalue weighted by Crippen LogP contribution is -2.32. The van der Waals surface area contributed by atoms with E-state index in [-0.39, 0.29) is 19.1 Å². The molecule has 2 rings (SSSR count). The number of hydrogen-bond acceptors (Lipinski definition) is 5. The van der Waals surface area contributed by atoms with Crippen LogP contribution in [0, 0.1) is 0 Å². The van der Waals surface area contributed by atoms with Crippen molar-refractivity contribution in [2.45, 2.75) is 25.1 Å². The molecule has 2 amide bonds. The lowest BCUT2D eigenvalue weighted by Gasteiger charge is -2.24. The van der Waals surface area contributed by atoms with Crippen LogP contribution in [0.25, 0.3) is 0 Å². The summed E-state index contributed by atoms with van der Waals surface area (Å²) < 4.78 is 19.2. The largest absolute Gasteiger partial charge is 0.443 e. The summed E-state index contributed by atoms with van der Waals surface area (Å²) in [7, 11) is 0. The van der Waals surface area contributed by atoms with Gasteiger partial charge in [-0.3, -0.25) is 14.7 Å². The minimum absolute atomic E-state index is 0.104. The number of amides is 2. The monoisotopic (exact) mass is 298 g/mol. The predicted octanol–water partition coefficient (Wildman–Crippen LogP) is -0.0313. The highest BCUT2D eigenvalue weighted by atomic mass is 19.1. The van der Waals surface area contributed by atoms with E-state index in [1.165, 1.54) is 4.90 Å². The van der Waals surface area contributed by atoms with E-state index in [9.17, 15) is 14.0 Å². The van der Waals surface area contributed by atoms with Crippen molar-refractivity contribution in [2.24, 2.45) is 10.7 Å². The molecule has 0 spiro atoms. The molecule has 1 aliphatic heterocycles. The van der Waals surface area contributed by atoms with Gasteiger partial charge in [-0.05, 0) is 0 Å². The molecule has 0 aromatic rings. The predicted molar refractivity (Wildman–Crippen MR) is 74.6 cm³/mol. The van der Waals surface area contributed by atoms with Gasteiger partial charge in [0.15, 0.2) is 0 Å². The van der Waals surface area contributed by atoms with Gasteiger partial charge in [0.2, 0.25) is 6.41 Å². The number of carbonyl (C=O) groups excluding carboxylic acids is 2. The first-order valence-electron chi connectivity index (χ1n) is 6.87. The molecule has 2 aliphatic rings. The number of cyclic esters (lactones) is 1. The van der Waals surface area contributed by atoms with E-state index in [0.717, 1.165) is 0 Å². The Morgan fingerprint density at radius 2 is 2.43 bits per heavy atom. The Kier molecular flexibility index (Phi) is 5.26. The lowest BCUT2D eigenvalue weighted by molar-refractivity contribution is -0.109. The van der Waals surface area contributed by atoms with E-state index >= 15 is 0 Å². The highest BCUT2D eigenvalue weighted by molar-refractivity contribution is 5.91. The van der Waals surface area contributed by atoms with Gasteiger partial charge in [-0.25, -0.2) is 9.18 Å². The number of hydrogen-bond donors (Lipinski definition) is 2. The van der Waals surface area contributed by atoms with Gasteiger partial charge in [0.05, 0.1) is 18.8 Å². The minimum Gasteiger partial charge on any atom is -0.443 e. The summed E-state index contributed by atoms with van der Waals surface area (Å²) in [4.78, 5) is 27.4. The van der Waals surface area contributed by atoms with Gasteiger partial charge in [-0.15, -0.1) is 0 Å². The smallest absolute Gasteiger partial charge is 0.414 e. The van der Waals surface area contributed by atoms with Crippen LogP contribution in [-0.2, 0) is 9.53 Å². The number of nitrogens with two attached hydrogens (primary N) is 1. The molecule has 0 saturated carbocycles. The van der Waals surface area contributed by atoms with Crippen molar-refractivity contribution < 1.29 is 18.7 Å². The molecule has 2 atom stereocenters. The molecule has 0 aromatic heterocycles. The van der Waals surface area contributed by atoms with Gasteiger partial charge in [-0.2, -0.15) is 0 Å². The quantitative estimate of drug-likeness (QED) is 0.531. The number of nitrogens with zero attached hydrogens (tertiary/aromatic N) is 2. The lowest BCUT2D eigenvalue weighted by atomic mass is 9.99. The van der Waals surface area contributed by atoms with Crippen LogP contribution in [0.15, 0.2) is 16.8 Å². The summed E-state index contributed by atoms with van der Waals surface area (Å²) in [5.41, 5.74) is 6.53. The zero-order valence-electron chi connectivity index (χ0n) is 11.6. The van der Waals surface area contributed by atoms with Crippen LogP contribution in [0.1, 0.15) is 12.8 Å². The van der Waals surface area contributed by atoms with Crippen LogP contribution in [0.3, 0.4) is 0 Å². The Morgan fingerprint density at radius 3 is 3.05 bits per heavy atom. The van der Waals surface area contributed by atoms with Crippen LogP contribution in [-0.4, -0.2) is 61.6 Å². The van der Waals surface area contributed by atoms with Crippen molar-refractivity contribution in [3.63, 3.8) is 0 Å². The highest BCUT2D eigenvalue weighted by Gasteiger charge is 2.35. The molecule has 1 fully saturated rings. The van der Waals surface area contributed by atoms with Gasteiger partial charge in [0, 0.05) is 31.6 Å². The zero-order chi connectivity index (χ0) is 15.2. The van der Waals surface area contributed by atoms with Crippen molar-refractivity contribution in [2.75, 3.05) is 26.2 Å². The van der Waals surface area contributed by atoms with E-state index in [1.807, 2.05) is 0 Å². The maximum absolute atomic E-state index is 14.1. The van der Waals surface area contributed by atoms with E-state index in [2.05, 4.69) is 10.3 Å². The molecule has 1 saturated heterocycles. The molecule has 1 aliphatic carbocycles. The average molecular weight is 298 g/mol. The molecule has 21 heavy (non-hydrogen) atoms. The summed E-state index contributed by atoms with van der Waals surface area (Å²) >= 11 is 0. The number of ether oxygens (including phenoxy) is 1. The van der Waals surface area contributed by atoms with E-state index < -0.39 is 12.3 Å². The number of carbonyl (C=O) groups is 2. The number of alkyl halides is 1. The summed E-state index contributed by atoms with van der Waals surface area (Å²) in [6.07, 6.45) is 0.813. The normalized spacial score (nSPS) is 27.5. The molecule has 1 heterocycles. The summed E-state index contributed by atoms with van der Waals surface area (Å²) in [5, 5.41) is 2.47. The fourth-order valence-corrected chi connectivity index (χ4v) is 2.32. The molecule has 116 valence electrons. The van der Waals surface area contributed by atoms with Crippen LogP contribution in [0.2, 0.25) is 0 Å². The molecule has 2 unspecified atom stereocenters. The molecule has 3 N–H and O–H groups in total. The molecule has 7 nitrogen and oxygen atoms in total. The summed E-state index contributed by atoms with van der Waals surface area (Å²) in [5.74, 6) is 0. The number of halogens is 1. The first-order valence-corrected chi connectivity index (χ1v) is 6.87. The number of aliphatic imine (C=N–C) groups is 1. The van der Waals surface area contributed by atoms with E-state index in [4.69, 9.17) is 10.5 Å². The van der Waals surface area contributed by atoms with Crippen LogP contribution < -0.4 is 11.1 Å². The average Bonchev–Trinajstić information content (AvgIpc) is 2.86. The van der Waals surface area contributed by atoms with Gasteiger partial charge in [0.25, 0.3) is 0 Å². The molecular weight excluding hydrogens is 279 g/mol. The third-order valence-corrected chi connectivity index (χ3v) is 3.43. The van der Waals surface area contributed by atoms with Crippen molar-refractivity contribution in [1.29, 1.82) is 0 Å². The third-order valence-electron chi connectivity index (χ3n) is 3.43. The van der Waals surface area contributed by atoms with Crippen molar-refractivity contribution in [3.8, 4) is 0 Å². The number of nitrogens with one attached hydrogen (secondary N) is 1. The maximum atomic E-state index is 14.1. The highest BCUT2D eigenvalue weighted by Crippen LogP contribution is 2.26. The fourth-order valence-electron chi connectivity index (χ4n) is 2.32. The molecule has 0 aromatic carbocycles. The van der Waals surface area contributed by atoms with Gasteiger partial charge in [-0.1, -0.05) is 6.08 Å². The Morgan fingerprint density at radius 1 is 1.62 bits per heavy atom. The Labute approximate surface area is 122 Å². The third kappa shape index (κ3) is 3.78. The zero-order valence-corrected chi connectivity index (χ0v) is 11.6. The maximum Gasteiger partial charge on any atom is 0.414 e. The van der Waals surface area contributed by atoms with Crippen molar-refractivity contribution in [3.05, 3.63) is 11.8 Å². The summed E-state index contributed by atoms with van der Waals surface area (Å²) in [6.45, 7) is 1.35. The van der Waals surface area contributed by atoms with Gasteiger partial charge in [0.1, 0.15) is 12.3 Å². The van der Waals surface area contributed by atoms with Gasteiger partial charge >= 0.3 is 6.09 Å². The summed E-state index contributed by atoms with van der Waals surface area (Å²) in [6, 6.07) is 0. The number of rotatable bonds is 6. The molecule has 0 radical (unpaired) electrons. The van der Waals surface area contributed by atoms with Crippen molar-refractivity contribution in [1.82, 2.24) is 10.2 Å². The van der Waals surface area contributed by atoms with E-state index in [1.54, 1.807) is 6.08 Å². The van der Waals surface area contributed by atoms with Crippen LogP contribution >= 0.6 is 0 Å². The number of allylic oxidation sites excluding steroid dienone is 2. The van der Waals surface area contributed by atoms with Crippen molar-refractivity contribution >= 4 is 18.2 Å². The van der Waals surface area contributed by atoms with Crippen LogP contribution in [0.4, 0.5) is 9.18 Å². The molecule has 0 bridgehead atoms. The second kappa shape index (κ2) is 7.16. The fraction of sp³-hybridized carbons (Fsp3) is 0.615. The standard InChI is InChI=1S/C13H19FN4O3/c14-11-5-9(18-7-10(6-15)21-13(18)20)1-2-12(11)17-4-3-16-8-19/h1,8,10-11H,2-7,15H2,(H,16,19). The van der Waals surface area contributed by atoms with Crippen LogP contribution in [0.5, 0.6) is 0 Å². The molecular formula is C13H19FN4O3. The van der Waals surface area contributed by atoms with E-state index in [0.29, 0.717) is 43.9 Å². The van der Waals surface area contributed by atoms with Gasteiger partial charge < -0.3 is 15.8 Å². The molecule has 8 heteroatoms. The Hall–Kier alpha value is -1.96. The first kappa shape index (κ1) is 15.4. The SMILES string of the molecule is NCC1CN(C2=CCC(=NCCNC=O)C(F)C2)C(=O)O1. The first-order chi connectivity index (χ1) is 10.2. The minimum atomic E-state index is -1.22.